The fraction of sp³-hybridized carbons (Fsp3) is 0.900. The van der Waals surface area contributed by atoms with Crippen molar-refractivity contribution in [1.29, 1.82) is 0 Å². The number of carbonyl (C=O) groups excluding carboxylic acids is 1. The zero-order valence-electron chi connectivity index (χ0n) is 9.16. The molecule has 0 aliphatic carbocycles. The number of ether oxygens (including phenoxy) is 1. The van der Waals surface area contributed by atoms with Crippen LogP contribution in [0.25, 0.3) is 0 Å². The molecule has 2 amide bonds. The first kappa shape index (κ1) is 10.7. The summed E-state index contributed by atoms with van der Waals surface area (Å²) in [5, 5.41) is 6.31. The number of urea groups is 1. The van der Waals surface area contributed by atoms with Crippen LogP contribution in [-0.4, -0.2) is 55.9 Å². The van der Waals surface area contributed by atoms with Crippen LogP contribution in [0.3, 0.4) is 0 Å². The predicted molar refractivity (Wildman–Crippen MR) is 56.8 cm³/mol. The molecule has 2 unspecified atom stereocenters. The number of morpholine rings is 1. The molecular weight excluding hydrogens is 194 g/mol. The minimum Gasteiger partial charge on any atom is -0.378 e. The standard InChI is InChI=1S/C10H19N3O2/c1-2-8-5-13(10(14)12-8)6-9-7-15-4-3-11-9/h8-9,11H,2-7H2,1H3,(H,12,14). The van der Waals surface area contributed by atoms with E-state index < -0.39 is 0 Å². The number of nitrogens with one attached hydrogen (secondary N) is 2. The van der Waals surface area contributed by atoms with E-state index in [2.05, 4.69) is 17.6 Å². The Balaban J connectivity index is 1.81. The van der Waals surface area contributed by atoms with Crippen molar-refractivity contribution in [2.24, 2.45) is 0 Å². The molecule has 5 heteroatoms. The van der Waals surface area contributed by atoms with Crippen molar-refractivity contribution in [1.82, 2.24) is 15.5 Å². The first-order valence-corrected chi connectivity index (χ1v) is 5.66. The maximum Gasteiger partial charge on any atom is 0.317 e. The second-order valence-corrected chi connectivity index (χ2v) is 4.19. The summed E-state index contributed by atoms with van der Waals surface area (Å²) in [6.07, 6.45) is 0.997. The van der Waals surface area contributed by atoms with Crippen molar-refractivity contribution in [3.05, 3.63) is 0 Å². The summed E-state index contributed by atoms with van der Waals surface area (Å²) in [6.45, 7) is 6.05. The van der Waals surface area contributed by atoms with Gasteiger partial charge >= 0.3 is 6.03 Å². The van der Waals surface area contributed by atoms with E-state index in [1.165, 1.54) is 0 Å². The number of nitrogens with zero attached hydrogens (tertiary/aromatic N) is 1. The van der Waals surface area contributed by atoms with E-state index in [1.807, 2.05) is 4.90 Å². The Morgan fingerprint density at radius 1 is 1.53 bits per heavy atom. The van der Waals surface area contributed by atoms with Crippen molar-refractivity contribution in [3.63, 3.8) is 0 Å². The third-order valence-electron chi connectivity index (χ3n) is 2.99. The van der Waals surface area contributed by atoms with Gasteiger partial charge in [-0.15, -0.1) is 0 Å². The van der Waals surface area contributed by atoms with Crippen LogP contribution in [0.2, 0.25) is 0 Å². The zero-order chi connectivity index (χ0) is 10.7. The molecule has 0 aromatic heterocycles. The summed E-state index contributed by atoms with van der Waals surface area (Å²) < 4.78 is 5.36. The highest BCUT2D eigenvalue weighted by atomic mass is 16.5. The third-order valence-corrected chi connectivity index (χ3v) is 2.99. The highest BCUT2D eigenvalue weighted by molar-refractivity contribution is 5.76. The topological polar surface area (TPSA) is 53.6 Å². The van der Waals surface area contributed by atoms with E-state index in [0.29, 0.717) is 18.7 Å². The molecule has 0 aromatic rings. The predicted octanol–water partition coefficient (Wildman–Crippen LogP) is -0.221. The smallest absolute Gasteiger partial charge is 0.317 e. The summed E-state index contributed by atoms with van der Waals surface area (Å²) in [6, 6.07) is 0.677. The zero-order valence-corrected chi connectivity index (χ0v) is 9.16. The number of carbonyl (C=O) groups is 1. The van der Waals surface area contributed by atoms with E-state index in [0.717, 1.165) is 32.7 Å². The maximum atomic E-state index is 11.6. The van der Waals surface area contributed by atoms with Crippen molar-refractivity contribution >= 4 is 6.03 Å². The Bertz CT molecular complexity index is 229. The molecule has 86 valence electrons. The lowest BCUT2D eigenvalue weighted by molar-refractivity contribution is 0.0679. The first-order chi connectivity index (χ1) is 7.29. The van der Waals surface area contributed by atoms with Crippen LogP contribution < -0.4 is 10.6 Å². The molecule has 0 saturated carbocycles. The molecule has 2 heterocycles. The quantitative estimate of drug-likeness (QED) is 0.681. The number of hydrogen-bond acceptors (Lipinski definition) is 3. The fourth-order valence-electron chi connectivity index (χ4n) is 2.05. The number of rotatable bonds is 3. The molecule has 2 atom stereocenters. The molecule has 5 nitrogen and oxygen atoms in total. The molecule has 15 heavy (non-hydrogen) atoms. The van der Waals surface area contributed by atoms with E-state index in [1.54, 1.807) is 0 Å². The van der Waals surface area contributed by atoms with Crippen LogP contribution in [0.5, 0.6) is 0 Å². The summed E-state index contributed by atoms with van der Waals surface area (Å²) in [5.74, 6) is 0. The van der Waals surface area contributed by atoms with Gasteiger partial charge in [0.1, 0.15) is 0 Å². The Labute approximate surface area is 90.1 Å². The first-order valence-electron chi connectivity index (χ1n) is 5.66. The maximum absolute atomic E-state index is 11.6. The van der Waals surface area contributed by atoms with E-state index in [9.17, 15) is 4.79 Å². The molecule has 0 bridgehead atoms. The van der Waals surface area contributed by atoms with Gasteiger partial charge in [-0.1, -0.05) is 6.92 Å². The van der Waals surface area contributed by atoms with Gasteiger partial charge in [0.05, 0.1) is 13.2 Å². The van der Waals surface area contributed by atoms with Crippen molar-refractivity contribution < 1.29 is 9.53 Å². The molecule has 2 rings (SSSR count). The number of amides is 2. The Kier molecular flexibility index (Phi) is 3.43. The van der Waals surface area contributed by atoms with Crippen LogP contribution >= 0.6 is 0 Å². The summed E-state index contributed by atoms with van der Waals surface area (Å²) in [5.41, 5.74) is 0. The van der Waals surface area contributed by atoms with Crippen molar-refractivity contribution in [2.45, 2.75) is 25.4 Å². The van der Waals surface area contributed by atoms with Gasteiger partial charge in [0, 0.05) is 31.7 Å². The monoisotopic (exact) mass is 213 g/mol. The Morgan fingerprint density at radius 2 is 2.40 bits per heavy atom. The average molecular weight is 213 g/mol. The highest BCUT2D eigenvalue weighted by Crippen LogP contribution is 2.08. The van der Waals surface area contributed by atoms with Crippen LogP contribution in [0.1, 0.15) is 13.3 Å². The summed E-state index contributed by atoms with van der Waals surface area (Å²) in [7, 11) is 0. The van der Waals surface area contributed by atoms with E-state index in [4.69, 9.17) is 4.74 Å². The minimum atomic E-state index is 0.0641. The van der Waals surface area contributed by atoms with E-state index in [-0.39, 0.29) is 6.03 Å². The van der Waals surface area contributed by atoms with Gasteiger partial charge in [-0.3, -0.25) is 0 Å². The number of hydrogen-bond donors (Lipinski definition) is 2. The summed E-state index contributed by atoms with van der Waals surface area (Å²) in [4.78, 5) is 13.4. The molecule has 0 spiro atoms. The lowest BCUT2D eigenvalue weighted by Gasteiger charge is -2.27. The molecule has 2 aliphatic heterocycles. The van der Waals surface area contributed by atoms with Gasteiger partial charge < -0.3 is 20.3 Å². The van der Waals surface area contributed by atoms with Gasteiger partial charge in [0.2, 0.25) is 0 Å². The Hall–Kier alpha value is -0.810. The van der Waals surface area contributed by atoms with E-state index >= 15 is 0 Å². The fourth-order valence-corrected chi connectivity index (χ4v) is 2.05. The highest BCUT2D eigenvalue weighted by Gasteiger charge is 2.29. The van der Waals surface area contributed by atoms with Crippen molar-refractivity contribution in [3.8, 4) is 0 Å². The largest absolute Gasteiger partial charge is 0.378 e. The second-order valence-electron chi connectivity index (χ2n) is 4.19. The average Bonchev–Trinajstić information content (AvgIpc) is 2.61. The molecule has 2 N–H and O–H groups in total. The molecule has 2 saturated heterocycles. The van der Waals surface area contributed by atoms with Gasteiger partial charge in [0.15, 0.2) is 0 Å². The Morgan fingerprint density at radius 3 is 3.00 bits per heavy atom. The normalized spacial score (nSPS) is 31.8. The molecule has 0 aromatic carbocycles. The lowest BCUT2D eigenvalue weighted by Crippen LogP contribution is -2.49. The minimum absolute atomic E-state index is 0.0641. The van der Waals surface area contributed by atoms with Crippen LogP contribution in [0, 0.1) is 0 Å². The van der Waals surface area contributed by atoms with Gasteiger partial charge in [-0.25, -0.2) is 4.79 Å². The SMILES string of the molecule is CCC1CN(CC2COCCN2)C(=O)N1. The van der Waals surface area contributed by atoms with Gasteiger partial charge in [-0.2, -0.15) is 0 Å². The molecular formula is C10H19N3O2. The lowest BCUT2D eigenvalue weighted by atomic mass is 10.2. The molecule has 0 radical (unpaired) electrons. The van der Waals surface area contributed by atoms with Gasteiger partial charge in [0.25, 0.3) is 0 Å². The molecule has 2 aliphatic rings. The van der Waals surface area contributed by atoms with Crippen molar-refractivity contribution in [2.75, 3.05) is 32.8 Å². The third kappa shape index (κ3) is 2.60. The van der Waals surface area contributed by atoms with Crippen LogP contribution in [-0.2, 0) is 4.74 Å². The second kappa shape index (κ2) is 4.81. The molecule has 2 fully saturated rings. The van der Waals surface area contributed by atoms with Crippen LogP contribution in [0.15, 0.2) is 0 Å². The van der Waals surface area contributed by atoms with Gasteiger partial charge in [-0.05, 0) is 6.42 Å². The summed E-state index contributed by atoms with van der Waals surface area (Å²) >= 11 is 0. The van der Waals surface area contributed by atoms with Crippen LogP contribution in [0.4, 0.5) is 4.79 Å².